The first-order valence-corrected chi connectivity index (χ1v) is 9.27. The fourth-order valence-electron chi connectivity index (χ4n) is 2.62. The number of nitrogens with zero attached hydrogens (tertiary/aromatic N) is 4. The van der Waals surface area contributed by atoms with E-state index >= 15 is 0 Å². The average Bonchev–Trinajstić information content (AvgIpc) is 3.38. The summed E-state index contributed by atoms with van der Waals surface area (Å²) in [5.74, 6) is 0.717. The zero-order valence-electron chi connectivity index (χ0n) is 13.6. The fraction of sp³-hybridized carbons (Fsp3) is 0.222. The molecule has 0 spiro atoms. The number of carbonyl (C=O) groups excluding carboxylic acids is 1. The van der Waals surface area contributed by atoms with E-state index in [1.807, 2.05) is 12.1 Å². The molecule has 132 valence electrons. The van der Waals surface area contributed by atoms with E-state index in [-0.39, 0.29) is 18.5 Å². The maximum absolute atomic E-state index is 12.9. The van der Waals surface area contributed by atoms with E-state index in [0.29, 0.717) is 22.4 Å². The standard InChI is InChI=1S/C18H14BrClN4O2/c19-13-7-12(8-21-9-13)18(25)24(15-5-6-15)10-16-22-23-17(26-16)11-1-3-14(20)4-2-11/h1-4,7-9,15H,5-6,10H2. The van der Waals surface area contributed by atoms with Gasteiger partial charge < -0.3 is 9.32 Å². The third kappa shape index (κ3) is 3.78. The molecule has 1 aliphatic carbocycles. The highest BCUT2D eigenvalue weighted by Gasteiger charge is 2.34. The van der Waals surface area contributed by atoms with Gasteiger partial charge in [0.2, 0.25) is 11.8 Å². The summed E-state index contributed by atoms with van der Waals surface area (Å²) in [5.41, 5.74) is 1.32. The lowest BCUT2D eigenvalue weighted by molar-refractivity contribution is 0.0714. The topological polar surface area (TPSA) is 72.1 Å². The summed E-state index contributed by atoms with van der Waals surface area (Å²) in [5, 5.41) is 8.81. The number of aromatic nitrogens is 3. The Bertz CT molecular complexity index is 940. The van der Waals surface area contributed by atoms with Crippen molar-refractivity contribution in [1.29, 1.82) is 0 Å². The van der Waals surface area contributed by atoms with Crippen LogP contribution in [0.2, 0.25) is 5.02 Å². The molecule has 26 heavy (non-hydrogen) atoms. The van der Waals surface area contributed by atoms with Gasteiger partial charge in [-0.1, -0.05) is 11.6 Å². The van der Waals surface area contributed by atoms with Gasteiger partial charge in [-0.05, 0) is 59.1 Å². The van der Waals surface area contributed by atoms with Crippen LogP contribution >= 0.6 is 27.5 Å². The van der Waals surface area contributed by atoms with Crippen LogP contribution in [0.25, 0.3) is 11.5 Å². The molecule has 3 aromatic rings. The number of pyridine rings is 1. The first kappa shape index (κ1) is 17.2. The Morgan fingerprint density at radius 1 is 1.23 bits per heavy atom. The summed E-state index contributed by atoms with van der Waals surface area (Å²) in [6.45, 7) is 0.274. The molecule has 1 amide bonds. The number of amides is 1. The number of halogens is 2. The van der Waals surface area contributed by atoms with Crippen LogP contribution in [-0.2, 0) is 6.54 Å². The van der Waals surface area contributed by atoms with Gasteiger partial charge in [0.1, 0.15) is 0 Å². The zero-order valence-corrected chi connectivity index (χ0v) is 15.9. The minimum atomic E-state index is -0.0902. The molecule has 1 saturated carbocycles. The van der Waals surface area contributed by atoms with E-state index in [4.69, 9.17) is 16.0 Å². The van der Waals surface area contributed by atoms with Gasteiger partial charge in [0, 0.05) is 33.5 Å². The molecular formula is C18H14BrClN4O2. The molecule has 1 aliphatic rings. The molecule has 2 heterocycles. The third-order valence-corrected chi connectivity index (χ3v) is 4.75. The second kappa shape index (κ2) is 7.17. The third-order valence-electron chi connectivity index (χ3n) is 4.06. The monoisotopic (exact) mass is 432 g/mol. The van der Waals surface area contributed by atoms with Crippen molar-refractivity contribution in [3.05, 3.63) is 63.7 Å². The number of benzene rings is 1. The molecule has 2 aromatic heterocycles. The molecule has 0 bridgehead atoms. The minimum Gasteiger partial charge on any atom is -0.419 e. The number of hydrogen-bond donors (Lipinski definition) is 0. The smallest absolute Gasteiger partial charge is 0.256 e. The van der Waals surface area contributed by atoms with Gasteiger partial charge in [0.05, 0.1) is 12.1 Å². The van der Waals surface area contributed by atoms with Gasteiger partial charge in [-0.2, -0.15) is 0 Å². The second-order valence-electron chi connectivity index (χ2n) is 6.06. The number of hydrogen-bond acceptors (Lipinski definition) is 5. The van der Waals surface area contributed by atoms with Crippen molar-refractivity contribution < 1.29 is 9.21 Å². The van der Waals surface area contributed by atoms with Gasteiger partial charge in [0.15, 0.2) is 0 Å². The van der Waals surface area contributed by atoms with E-state index in [1.165, 1.54) is 0 Å². The van der Waals surface area contributed by atoms with Crippen LogP contribution < -0.4 is 0 Å². The van der Waals surface area contributed by atoms with Crippen molar-refractivity contribution >= 4 is 33.4 Å². The first-order chi connectivity index (χ1) is 12.6. The lowest BCUT2D eigenvalue weighted by Crippen LogP contribution is -2.32. The Balaban J connectivity index is 1.54. The van der Waals surface area contributed by atoms with Gasteiger partial charge in [-0.3, -0.25) is 9.78 Å². The quantitative estimate of drug-likeness (QED) is 0.598. The minimum absolute atomic E-state index is 0.0902. The molecule has 0 unspecified atom stereocenters. The van der Waals surface area contributed by atoms with Crippen LogP contribution in [0.3, 0.4) is 0 Å². The van der Waals surface area contributed by atoms with Gasteiger partial charge in [0.25, 0.3) is 5.91 Å². The Labute approximate surface area is 163 Å². The highest BCUT2D eigenvalue weighted by atomic mass is 79.9. The van der Waals surface area contributed by atoms with Gasteiger partial charge in [-0.15, -0.1) is 10.2 Å². The van der Waals surface area contributed by atoms with Crippen LogP contribution in [0.1, 0.15) is 29.1 Å². The fourth-order valence-corrected chi connectivity index (χ4v) is 3.11. The van der Waals surface area contributed by atoms with Gasteiger partial charge in [-0.25, -0.2) is 0 Å². The zero-order chi connectivity index (χ0) is 18.1. The average molecular weight is 434 g/mol. The molecular weight excluding hydrogens is 420 g/mol. The summed E-state index contributed by atoms with van der Waals surface area (Å²) in [6.07, 6.45) is 5.17. The normalized spacial score (nSPS) is 13.6. The van der Waals surface area contributed by atoms with Crippen molar-refractivity contribution in [3.8, 4) is 11.5 Å². The van der Waals surface area contributed by atoms with Crippen molar-refractivity contribution in [1.82, 2.24) is 20.1 Å². The van der Waals surface area contributed by atoms with E-state index in [1.54, 1.807) is 35.5 Å². The van der Waals surface area contributed by atoms with Gasteiger partial charge >= 0.3 is 0 Å². The molecule has 1 fully saturated rings. The van der Waals surface area contributed by atoms with E-state index in [2.05, 4.69) is 31.1 Å². The molecule has 1 aromatic carbocycles. The first-order valence-electron chi connectivity index (χ1n) is 8.10. The number of rotatable bonds is 5. The molecule has 0 aliphatic heterocycles. The Kier molecular flexibility index (Phi) is 4.74. The predicted octanol–water partition coefficient (Wildman–Crippen LogP) is 4.35. The summed E-state index contributed by atoms with van der Waals surface area (Å²) >= 11 is 9.25. The molecule has 6 nitrogen and oxygen atoms in total. The summed E-state index contributed by atoms with van der Waals surface area (Å²) in [7, 11) is 0. The number of carbonyl (C=O) groups is 1. The molecule has 0 saturated heterocycles. The maximum Gasteiger partial charge on any atom is 0.256 e. The van der Waals surface area contributed by atoms with Crippen LogP contribution in [0.15, 0.2) is 51.6 Å². The Morgan fingerprint density at radius 2 is 2.00 bits per heavy atom. The Morgan fingerprint density at radius 3 is 2.69 bits per heavy atom. The summed E-state index contributed by atoms with van der Waals surface area (Å²) in [6, 6.07) is 9.12. The van der Waals surface area contributed by atoms with Crippen molar-refractivity contribution in [2.24, 2.45) is 0 Å². The SMILES string of the molecule is O=C(c1cncc(Br)c1)N(Cc1nnc(-c2ccc(Cl)cc2)o1)C1CC1. The lowest BCUT2D eigenvalue weighted by Gasteiger charge is -2.20. The summed E-state index contributed by atoms with van der Waals surface area (Å²) < 4.78 is 6.51. The van der Waals surface area contributed by atoms with Crippen molar-refractivity contribution in [2.75, 3.05) is 0 Å². The van der Waals surface area contributed by atoms with E-state index < -0.39 is 0 Å². The molecule has 4 rings (SSSR count). The predicted molar refractivity (Wildman–Crippen MR) is 99.6 cm³/mol. The molecule has 0 atom stereocenters. The maximum atomic E-state index is 12.9. The summed E-state index contributed by atoms with van der Waals surface area (Å²) in [4.78, 5) is 18.7. The molecule has 8 heteroatoms. The van der Waals surface area contributed by atoms with Crippen LogP contribution in [0.4, 0.5) is 0 Å². The van der Waals surface area contributed by atoms with E-state index in [0.717, 1.165) is 22.9 Å². The highest BCUT2D eigenvalue weighted by molar-refractivity contribution is 9.10. The highest BCUT2D eigenvalue weighted by Crippen LogP contribution is 2.30. The largest absolute Gasteiger partial charge is 0.419 e. The second-order valence-corrected chi connectivity index (χ2v) is 7.42. The van der Waals surface area contributed by atoms with Crippen molar-refractivity contribution in [2.45, 2.75) is 25.4 Å². The van der Waals surface area contributed by atoms with Crippen LogP contribution in [-0.4, -0.2) is 32.0 Å². The van der Waals surface area contributed by atoms with Crippen LogP contribution in [0, 0.1) is 0 Å². The molecule has 0 radical (unpaired) electrons. The molecule has 0 N–H and O–H groups in total. The van der Waals surface area contributed by atoms with Crippen LogP contribution in [0.5, 0.6) is 0 Å². The Hall–Kier alpha value is -2.25. The van der Waals surface area contributed by atoms with E-state index in [9.17, 15) is 4.79 Å². The lowest BCUT2D eigenvalue weighted by atomic mass is 10.2. The van der Waals surface area contributed by atoms with Crippen molar-refractivity contribution in [3.63, 3.8) is 0 Å².